The molecule has 0 spiro atoms. The minimum absolute atomic E-state index is 0.351. The van der Waals surface area contributed by atoms with E-state index in [1.165, 1.54) is 11.1 Å². The quantitative estimate of drug-likeness (QED) is 0.798. The molecule has 1 aliphatic heterocycles. The van der Waals surface area contributed by atoms with Gasteiger partial charge in [-0.25, -0.2) is 0 Å². The van der Waals surface area contributed by atoms with Gasteiger partial charge < -0.3 is 9.84 Å². The monoisotopic (exact) mass is 207 g/mol. The highest BCUT2D eigenvalue weighted by Crippen LogP contribution is 2.18. The molecule has 0 aliphatic carbocycles. The van der Waals surface area contributed by atoms with Crippen LogP contribution in [0.1, 0.15) is 11.1 Å². The van der Waals surface area contributed by atoms with Gasteiger partial charge in [0.1, 0.15) is 5.75 Å². The molecule has 0 radical (unpaired) electrons. The number of rotatable bonds is 2. The van der Waals surface area contributed by atoms with Crippen molar-refractivity contribution in [1.82, 2.24) is 4.90 Å². The molecule has 15 heavy (non-hydrogen) atoms. The maximum atomic E-state index is 9.42. The first-order valence-electron chi connectivity index (χ1n) is 5.34. The highest BCUT2D eigenvalue weighted by Gasteiger charge is 2.11. The van der Waals surface area contributed by atoms with Crippen LogP contribution >= 0.6 is 0 Å². The Morgan fingerprint density at radius 1 is 1.33 bits per heavy atom. The van der Waals surface area contributed by atoms with Crippen LogP contribution in [0.25, 0.3) is 0 Å². The van der Waals surface area contributed by atoms with Crippen molar-refractivity contribution in [2.75, 3.05) is 26.3 Å². The summed E-state index contributed by atoms with van der Waals surface area (Å²) < 4.78 is 5.30. The summed E-state index contributed by atoms with van der Waals surface area (Å²) in [6.07, 6.45) is 0. The van der Waals surface area contributed by atoms with Crippen molar-refractivity contribution in [3.05, 3.63) is 29.3 Å². The average Bonchev–Trinajstić information content (AvgIpc) is 2.25. The van der Waals surface area contributed by atoms with Gasteiger partial charge in [0.15, 0.2) is 0 Å². The van der Waals surface area contributed by atoms with E-state index in [-0.39, 0.29) is 0 Å². The smallest absolute Gasteiger partial charge is 0.115 e. The minimum Gasteiger partial charge on any atom is -0.508 e. The number of hydrogen-bond acceptors (Lipinski definition) is 3. The molecule has 1 aromatic rings. The molecule has 1 N–H and O–H groups in total. The number of aryl methyl sites for hydroxylation is 1. The molecule has 0 aromatic heterocycles. The first-order valence-corrected chi connectivity index (χ1v) is 5.34. The lowest BCUT2D eigenvalue weighted by Gasteiger charge is -2.27. The number of morpholine rings is 1. The van der Waals surface area contributed by atoms with Crippen molar-refractivity contribution in [3.8, 4) is 5.75 Å². The molecule has 3 nitrogen and oxygen atoms in total. The minimum atomic E-state index is 0.351. The Morgan fingerprint density at radius 2 is 2.07 bits per heavy atom. The van der Waals surface area contributed by atoms with Crippen LogP contribution in [-0.2, 0) is 11.3 Å². The van der Waals surface area contributed by atoms with E-state index >= 15 is 0 Å². The van der Waals surface area contributed by atoms with Gasteiger partial charge in [-0.1, -0.05) is 6.07 Å². The molecule has 1 heterocycles. The van der Waals surface area contributed by atoms with Crippen LogP contribution in [0.4, 0.5) is 0 Å². The lowest BCUT2D eigenvalue weighted by molar-refractivity contribution is 0.0341. The number of phenolic OH excluding ortho intramolecular Hbond substituents is 1. The maximum absolute atomic E-state index is 9.42. The second kappa shape index (κ2) is 4.64. The third kappa shape index (κ3) is 2.70. The first kappa shape index (κ1) is 10.5. The summed E-state index contributed by atoms with van der Waals surface area (Å²) in [6.45, 7) is 6.58. The summed E-state index contributed by atoms with van der Waals surface area (Å²) in [5.74, 6) is 0.351. The van der Waals surface area contributed by atoms with Gasteiger partial charge in [0.05, 0.1) is 13.2 Å². The van der Waals surface area contributed by atoms with Gasteiger partial charge in [-0.3, -0.25) is 4.90 Å². The summed E-state index contributed by atoms with van der Waals surface area (Å²) in [7, 11) is 0. The number of benzene rings is 1. The number of hydrogen-bond donors (Lipinski definition) is 1. The van der Waals surface area contributed by atoms with E-state index in [1.54, 1.807) is 6.07 Å². The van der Waals surface area contributed by atoms with Crippen LogP contribution in [0.15, 0.2) is 18.2 Å². The molecule has 0 amide bonds. The number of ether oxygens (including phenoxy) is 1. The average molecular weight is 207 g/mol. The van der Waals surface area contributed by atoms with Gasteiger partial charge in [0.25, 0.3) is 0 Å². The van der Waals surface area contributed by atoms with Crippen LogP contribution in [-0.4, -0.2) is 36.3 Å². The number of aromatic hydroxyl groups is 1. The molecule has 1 aliphatic rings. The molecule has 82 valence electrons. The first-order chi connectivity index (χ1) is 7.25. The third-order valence-electron chi connectivity index (χ3n) is 2.83. The van der Waals surface area contributed by atoms with Crippen molar-refractivity contribution in [2.45, 2.75) is 13.5 Å². The van der Waals surface area contributed by atoms with Gasteiger partial charge in [0.2, 0.25) is 0 Å². The molecule has 1 saturated heterocycles. The van der Waals surface area contributed by atoms with Crippen LogP contribution in [0.2, 0.25) is 0 Å². The molecule has 0 saturated carbocycles. The molecule has 1 fully saturated rings. The maximum Gasteiger partial charge on any atom is 0.115 e. The Balaban J connectivity index is 2.05. The van der Waals surface area contributed by atoms with Crippen LogP contribution in [0.5, 0.6) is 5.75 Å². The second-order valence-electron chi connectivity index (χ2n) is 4.00. The Labute approximate surface area is 90.3 Å². The number of phenols is 1. The zero-order valence-corrected chi connectivity index (χ0v) is 9.07. The molecular weight excluding hydrogens is 190 g/mol. The van der Waals surface area contributed by atoms with Crippen molar-refractivity contribution >= 4 is 0 Å². The Kier molecular flexibility index (Phi) is 3.23. The molecule has 2 rings (SSSR count). The lowest BCUT2D eigenvalue weighted by Crippen LogP contribution is -2.35. The summed E-state index contributed by atoms with van der Waals surface area (Å²) in [4.78, 5) is 2.35. The molecule has 0 atom stereocenters. The summed E-state index contributed by atoms with van der Waals surface area (Å²) >= 11 is 0. The van der Waals surface area contributed by atoms with Gasteiger partial charge in [-0.15, -0.1) is 0 Å². The third-order valence-corrected chi connectivity index (χ3v) is 2.83. The van der Waals surface area contributed by atoms with Crippen LogP contribution in [0, 0.1) is 6.92 Å². The summed E-state index contributed by atoms with van der Waals surface area (Å²) in [6, 6.07) is 5.55. The predicted octanol–water partition coefficient (Wildman–Crippen LogP) is 1.53. The van der Waals surface area contributed by atoms with E-state index in [1.807, 2.05) is 12.1 Å². The van der Waals surface area contributed by atoms with E-state index in [9.17, 15) is 5.11 Å². The van der Waals surface area contributed by atoms with E-state index in [0.717, 1.165) is 32.8 Å². The number of nitrogens with zero attached hydrogens (tertiary/aromatic N) is 1. The Morgan fingerprint density at radius 3 is 2.80 bits per heavy atom. The van der Waals surface area contributed by atoms with Gasteiger partial charge in [-0.2, -0.15) is 0 Å². The SMILES string of the molecule is Cc1ccc(O)cc1CN1CCOCC1. The van der Waals surface area contributed by atoms with Crippen molar-refractivity contribution < 1.29 is 9.84 Å². The fourth-order valence-electron chi connectivity index (χ4n) is 1.83. The normalized spacial score (nSPS) is 17.9. The fourth-order valence-corrected chi connectivity index (χ4v) is 1.83. The predicted molar refractivity (Wildman–Crippen MR) is 58.9 cm³/mol. The molecule has 3 heteroatoms. The zero-order valence-electron chi connectivity index (χ0n) is 9.07. The molecule has 0 bridgehead atoms. The highest BCUT2D eigenvalue weighted by atomic mass is 16.5. The van der Waals surface area contributed by atoms with Gasteiger partial charge >= 0.3 is 0 Å². The van der Waals surface area contributed by atoms with E-state index in [2.05, 4.69) is 11.8 Å². The standard InChI is InChI=1S/C12H17NO2/c1-10-2-3-12(14)8-11(10)9-13-4-6-15-7-5-13/h2-3,8,14H,4-7,9H2,1H3. The van der Waals surface area contributed by atoms with Crippen molar-refractivity contribution in [2.24, 2.45) is 0 Å². The van der Waals surface area contributed by atoms with Gasteiger partial charge in [-0.05, 0) is 30.2 Å². The van der Waals surface area contributed by atoms with E-state index in [0.29, 0.717) is 5.75 Å². The van der Waals surface area contributed by atoms with Crippen molar-refractivity contribution in [1.29, 1.82) is 0 Å². The Bertz CT molecular complexity index is 332. The Hall–Kier alpha value is -1.06. The van der Waals surface area contributed by atoms with Gasteiger partial charge in [0, 0.05) is 19.6 Å². The second-order valence-corrected chi connectivity index (χ2v) is 4.00. The summed E-state index contributed by atoms with van der Waals surface area (Å²) in [5.41, 5.74) is 2.44. The van der Waals surface area contributed by atoms with Crippen molar-refractivity contribution in [3.63, 3.8) is 0 Å². The van der Waals surface area contributed by atoms with Crippen LogP contribution in [0.3, 0.4) is 0 Å². The molecule has 1 aromatic carbocycles. The van der Waals surface area contributed by atoms with E-state index < -0.39 is 0 Å². The zero-order chi connectivity index (χ0) is 10.7. The summed E-state index contributed by atoms with van der Waals surface area (Å²) in [5, 5.41) is 9.42. The molecular formula is C12H17NO2. The highest BCUT2D eigenvalue weighted by molar-refractivity contribution is 5.33. The largest absolute Gasteiger partial charge is 0.508 e. The topological polar surface area (TPSA) is 32.7 Å². The fraction of sp³-hybridized carbons (Fsp3) is 0.500. The lowest BCUT2D eigenvalue weighted by atomic mass is 10.1. The molecule has 0 unspecified atom stereocenters. The van der Waals surface area contributed by atoms with Crippen LogP contribution < -0.4 is 0 Å². The van der Waals surface area contributed by atoms with E-state index in [4.69, 9.17) is 4.74 Å².